The summed E-state index contributed by atoms with van der Waals surface area (Å²) < 4.78 is 12.2. The van der Waals surface area contributed by atoms with Crippen molar-refractivity contribution in [2.45, 2.75) is 30.9 Å². The quantitative estimate of drug-likeness (QED) is 0.827. The molecule has 126 valence electrons. The van der Waals surface area contributed by atoms with Crippen molar-refractivity contribution < 1.29 is 9.18 Å². The molecule has 0 saturated heterocycles. The molecule has 3 rings (SSSR count). The summed E-state index contributed by atoms with van der Waals surface area (Å²) in [4.78, 5) is 20.7. The number of nitriles is 1. The maximum Gasteiger partial charge on any atom is 0.267 e. The summed E-state index contributed by atoms with van der Waals surface area (Å²) in [5, 5.41) is 9.76. The number of hydrogen-bond donors (Lipinski definition) is 0. The van der Waals surface area contributed by atoms with Crippen molar-refractivity contribution in [2.24, 2.45) is 4.99 Å². The molecule has 0 bridgehead atoms. The summed E-state index contributed by atoms with van der Waals surface area (Å²) >= 11 is 1.41. The lowest BCUT2D eigenvalue weighted by Gasteiger charge is -2.21. The first-order valence-corrected chi connectivity index (χ1v) is 8.67. The van der Waals surface area contributed by atoms with Gasteiger partial charge in [0.2, 0.25) is 0 Å². The fraction of sp³-hybridized carbons (Fsp3) is 0.263. The first kappa shape index (κ1) is 17.3. The Kier molecular flexibility index (Phi) is 4.69. The van der Waals surface area contributed by atoms with Crippen LogP contribution in [0.25, 0.3) is 0 Å². The van der Waals surface area contributed by atoms with Crippen LogP contribution in [0.4, 0.5) is 4.39 Å². The highest BCUT2D eigenvalue weighted by atomic mass is 32.2. The molecular formula is C19H16FN3OS. The van der Waals surface area contributed by atoms with Crippen LogP contribution in [-0.2, 0) is 9.54 Å². The zero-order valence-electron chi connectivity index (χ0n) is 13.9. The van der Waals surface area contributed by atoms with Gasteiger partial charge >= 0.3 is 0 Å². The number of aromatic nitrogens is 1. The predicted octanol–water partition coefficient (Wildman–Crippen LogP) is 4.17. The van der Waals surface area contributed by atoms with Crippen molar-refractivity contribution in [1.29, 1.82) is 5.26 Å². The van der Waals surface area contributed by atoms with E-state index in [1.165, 1.54) is 30.1 Å². The summed E-state index contributed by atoms with van der Waals surface area (Å²) in [5.41, 5.74) is 2.00. The van der Waals surface area contributed by atoms with Gasteiger partial charge in [-0.1, -0.05) is 30.8 Å². The van der Waals surface area contributed by atoms with Crippen LogP contribution < -0.4 is 0 Å². The Morgan fingerprint density at radius 2 is 2.04 bits per heavy atom. The maximum absolute atomic E-state index is 13.1. The highest BCUT2D eigenvalue weighted by Crippen LogP contribution is 2.44. The lowest BCUT2D eigenvalue weighted by molar-refractivity contribution is -0.119. The van der Waals surface area contributed by atoms with Gasteiger partial charge in [-0.15, -0.1) is 0 Å². The molecule has 1 amide bonds. The number of halogens is 1. The molecule has 0 spiro atoms. The van der Waals surface area contributed by atoms with Gasteiger partial charge in [0.1, 0.15) is 22.3 Å². The van der Waals surface area contributed by atoms with E-state index in [2.05, 4.69) is 9.98 Å². The highest BCUT2D eigenvalue weighted by Gasteiger charge is 2.42. The van der Waals surface area contributed by atoms with E-state index in [4.69, 9.17) is 5.26 Å². The van der Waals surface area contributed by atoms with Crippen LogP contribution >= 0.6 is 11.8 Å². The van der Waals surface area contributed by atoms with Crippen molar-refractivity contribution in [3.05, 3.63) is 65.2 Å². The number of amides is 1. The first-order chi connectivity index (χ1) is 11.9. The molecule has 4 nitrogen and oxygen atoms in total. The average Bonchev–Trinajstić information content (AvgIpc) is 2.90. The van der Waals surface area contributed by atoms with E-state index in [1.54, 1.807) is 24.3 Å². The van der Waals surface area contributed by atoms with Crippen LogP contribution in [0.1, 0.15) is 43.0 Å². The van der Waals surface area contributed by atoms with Crippen LogP contribution in [0, 0.1) is 17.1 Å². The summed E-state index contributed by atoms with van der Waals surface area (Å²) in [6, 6.07) is 11.7. The fourth-order valence-electron chi connectivity index (χ4n) is 2.75. The molecule has 0 N–H and O–H groups in total. The molecule has 1 aromatic heterocycles. The number of benzene rings is 1. The Balaban J connectivity index is 1.78. The van der Waals surface area contributed by atoms with E-state index in [1.807, 2.05) is 19.9 Å². The van der Waals surface area contributed by atoms with Crippen LogP contribution in [-0.4, -0.2) is 15.9 Å². The van der Waals surface area contributed by atoms with Gasteiger partial charge in [-0.2, -0.15) is 5.26 Å². The number of carbonyl (C=O) groups is 1. The van der Waals surface area contributed by atoms with Gasteiger partial charge in [0.25, 0.3) is 5.91 Å². The summed E-state index contributed by atoms with van der Waals surface area (Å²) in [6.07, 6.45) is 2.14. The van der Waals surface area contributed by atoms with Crippen LogP contribution in [0.3, 0.4) is 0 Å². The van der Waals surface area contributed by atoms with Crippen molar-refractivity contribution >= 4 is 22.7 Å². The Hall–Kier alpha value is -2.52. The van der Waals surface area contributed by atoms with Gasteiger partial charge in [-0.05, 0) is 48.2 Å². The second-order valence-corrected chi connectivity index (χ2v) is 7.64. The van der Waals surface area contributed by atoms with Crippen molar-refractivity contribution in [3.8, 4) is 6.07 Å². The third kappa shape index (κ3) is 3.47. The molecule has 1 aliphatic heterocycles. The lowest BCUT2D eigenvalue weighted by atomic mass is 9.98. The minimum atomic E-state index is -0.841. The van der Waals surface area contributed by atoms with E-state index in [0.29, 0.717) is 6.42 Å². The third-order valence-electron chi connectivity index (χ3n) is 4.30. The largest absolute Gasteiger partial charge is 0.271 e. The minimum absolute atomic E-state index is 0.120. The van der Waals surface area contributed by atoms with E-state index in [-0.39, 0.29) is 23.3 Å². The lowest BCUT2D eigenvalue weighted by Crippen LogP contribution is -2.24. The predicted molar refractivity (Wildman–Crippen MR) is 95.8 cm³/mol. The molecule has 0 aliphatic carbocycles. The molecule has 1 aromatic carbocycles. The van der Waals surface area contributed by atoms with Crippen LogP contribution in [0.15, 0.2) is 47.6 Å². The molecule has 2 aromatic rings. The summed E-state index contributed by atoms with van der Waals surface area (Å²) in [6.45, 7) is 3.84. The van der Waals surface area contributed by atoms with Gasteiger partial charge in [0.15, 0.2) is 0 Å². The van der Waals surface area contributed by atoms with Crippen LogP contribution in [0.2, 0.25) is 0 Å². The number of thioether (sulfide) groups is 1. The molecule has 2 atom stereocenters. The summed E-state index contributed by atoms with van der Waals surface area (Å²) in [7, 11) is 0. The topological polar surface area (TPSA) is 66.1 Å². The van der Waals surface area contributed by atoms with Crippen LogP contribution in [0.5, 0.6) is 0 Å². The SMILES string of the molecule is C[C@H](CC1=NC(=O)C(C)(c2ccnc(C#N)c2)S1)c1ccc(F)cc1. The van der Waals surface area contributed by atoms with Gasteiger partial charge in [-0.25, -0.2) is 14.4 Å². The van der Waals surface area contributed by atoms with Gasteiger partial charge < -0.3 is 0 Å². The van der Waals surface area contributed by atoms with E-state index in [0.717, 1.165) is 16.2 Å². The minimum Gasteiger partial charge on any atom is -0.271 e. The molecule has 2 heterocycles. The standard InChI is InChI=1S/C19H16FN3OS/c1-12(13-3-5-15(20)6-4-13)9-17-23-18(24)19(2,25-17)14-7-8-22-16(10-14)11-21/h3-8,10,12H,9H2,1-2H3/t12-,19?/m1/s1. The number of rotatable bonds is 4. The molecule has 6 heteroatoms. The molecule has 0 saturated carbocycles. The van der Waals surface area contributed by atoms with Crippen molar-refractivity contribution in [2.75, 3.05) is 0 Å². The smallest absolute Gasteiger partial charge is 0.267 e. The molecular weight excluding hydrogens is 337 g/mol. The van der Waals surface area contributed by atoms with E-state index in [9.17, 15) is 9.18 Å². The number of carbonyl (C=O) groups excluding carboxylic acids is 1. The Labute approximate surface area is 149 Å². The monoisotopic (exact) mass is 353 g/mol. The zero-order chi connectivity index (χ0) is 18.0. The Morgan fingerprint density at radius 1 is 1.32 bits per heavy atom. The molecule has 1 aliphatic rings. The number of aliphatic imine (C=N–C) groups is 1. The number of nitrogens with zero attached hydrogens (tertiary/aromatic N) is 3. The molecule has 1 unspecified atom stereocenters. The average molecular weight is 353 g/mol. The van der Waals surface area contributed by atoms with E-state index < -0.39 is 4.75 Å². The maximum atomic E-state index is 13.1. The summed E-state index contributed by atoms with van der Waals surface area (Å²) in [5.74, 6) is -0.375. The van der Waals surface area contributed by atoms with Gasteiger partial charge in [0.05, 0.1) is 5.04 Å². The van der Waals surface area contributed by atoms with Gasteiger partial charge in [0, 0.05) is 12.6 Å². The molecule has 25 heavy (non-hydrogen) atoms. The fourth-order valence-corrected chi connectivity index (χ4v) is 4.06. The van der Waals surface area contributed by atoms with Crippen molar-refractivity contribution in [3.63, 3.8) is 0 Å². The number of pyridine rings is 1. The van der Waals surface area contributed by atoms with Gasteiger partial charge in [-0.3, -0.25) is 4.79 Å². The van der Waals surface area contributed by atoms with Crippen molar-refractivity contribution in [1.82, 2.24) is 4.98 Å². The Morgan fingerprint density at radius 3 is 2.72 bits per heavy atom. The Bertz CT molecular complexity index is 888. The molecule has 0 radical (unpaired) electrons. The van der Waals surface area contributed by atoms with E-state index >= 15 is 0 Å². The highest BCUT2D eigenvalue weighted by molar-refractivity contribution is 8.15. The normalized spacial score (nSPS) is 20.9. The number of hydrogen-bond acceptors (Lipinski definition) is 4. The molecule has 0 fully saturated rings. The third-order valence-corrected chi connectivity index (χ3v) is 5.61. The second-order valence-electron chi connectivity index (χ2n) is 6.14. The first-order valence-electron chi connectivity index (χ1n) is 7.85. The zero-order valence-corrected chi connectivity index (χ0v) is 14.7. The second kappa shape index (κ2) is 6.77.